The van der Waals surface area contributed by atoms with Crippen LogP contribution in [-0.4, -0.2) is 19.2 Å². The molecule has 84 valence electrons. The Morgan fingerprint density at radius 2 is 2.33 bits per heavy atom. The van der Waals surface area contributed by atoms with Gasteiger partial charge in [-0.25, -0.2) is 0 Å². The topological polar surface area (TPSA) is 21.3 Å². The Hall–Kier alpha value is -1.02. The molecule has 1 aliphatic heterocycles. The molecule has 0 spiro atoms. The Kier molecular flexibility index (Phi) is 5.19. The maximum absolute atomic E-state index is 5.89. The zero-order valence-electron chi connectivity index (χ0n) is 9.75. The molecule has 1 heterocycles. The van der Waals surface area contributed by atoms with Gasteiger partial charge < -0.3 is 10.1 Å². The van der Waals surface area contributed by atoms with Crippen LogP contribution >= 0.6 is 0 Å². The zero-order chi connectivity index (χ0) is 11.1. The average molecular weight is 207 g/mol. The van der Waals surface area contributed by atoms with Gasteiger partial charge in [0, 0.05) is 6.54 Å². The van der Waals surface area contributed by atoms with Crippen molar-refractivity contribution in [3.8, 4) is 0 Å². The highest BCUT2D eigenvalue weighted by molar-refractivity contribution is 5.23. The first-order valence-corrected chi connectivity index (χ1v) is 5.60. The fourth-order valence-corrected chi connectivity index (χ4v) is 1.58. The van der Waals surface area contributed by atoms with E-state index in [1.165, 1.54) is 6.42 Å². The molecular formula is C13H21NO. The van der Waals surface area contributed by atoms with Crippen molar-refractivity contribution in [2.24, 2.45) is 0 Å². The van der Waals surface area contributed by atoms with E-state index in [0.29, 0.717) is 6.10 Å². The number of nitrogens with one attached hydrogen (secondary N) is 1. The molecule has 0 aromatic carbocycles. The van der Waals surface area contributed by atoms with E-state index in [4.69, 9.17) is 4.74 Å². The van der Waals surface area contributed by atoms with Gasteiger partial charge in [0.05, 0.1) is 0 Å². The monoisotopic (exact) mass is 207 g/mol. The van der Waals surface area contributed by atoms with Crippen LogP contribution in [0.3, 0.4) is 0 Å². The molecule has 1 unspecified atom stereocenters. The first-order chi connectivity index (χ1) is 7.26. The van der Waals surface area contributed by atoms with E-state index >= 15 is 0 Å². The minimum absolute atomic E-state index is 0.318. The molecule has 0 radical (unpaired) electrons. The van der Waals surface area contributed by atoms with Crippen LogP contribution in [0.25, 0.3) is 0 Å². The summed E-state index contributed by atoms with van der Waals surface area (Å²) in [6.45, 7) is 9.83. The van der Waals surface area contributed by atoms with E-state index in [1.54, 1.807) is 0 Å². The van der Waals surface area contributed by atoms with Crippen LogP contribution in [0.4, 0.5) is 0 Å². The van der Waals surface area contributed by atoms with Crippen molar-refractivity contribution in [3.05, 3.63) is 36.1 Å². The average Bonchev–Trinajstić information content (AvgIpc) is 2.29. The van der Waals surface area contributed by atoms with Crippen LogP contribution in [0.2, 0.25) is 0 Å². The fourth-order valence-electron chi connectivity index (χ4n) is 1.58. The van der Waals surface area contributed by atoms with E-state index < -0.39 is 0 Å². The molecule has 0 saturated carbocycles. The molecule has 0 amide bonds. The second kappa shape index (κ2) is 6.46. The van der Waals surface area contributed by atoms with Gasteiger partial charge in [-0.1, -0.05) is 12.7 Å². The smallest absolute Gasteiger partial charge is 0.115 e. The van der Waals surface area contributed by atoms with Crippen molar-refractivity contribution in [1.29, 1.82) is 0 Å². The number of piperidine rings is 1. The quantitative estimate of drug-likeness (QED) is 0.565. The van der Waals surface area contributed by atoms with Crippen LogP contribution in [0, 0.1) is 0 Å². The summed E-state index contributed by atoms with van der Waals surface area (Å²) in [4.78, 5) is 0. The predicted octanol–water partition coefficient (Wildman–Crippen LogP) is 2.79. The molecule has 1 aliphatic rings. The van der Waals surface area contributed by atoms with Crippen molar-refractivity contribution in [2.45, 2.75) is 32.8 Å². The number of ether oxygens (including phenoxy) is 1. The molecule has 0 aliphatic carbocycles. The van der Waals surface area contributed by atoms with Crippen LogP contribution in [0.1, 0.15) is 26.7 Å². The number of hydrogen-bond donors (Lipinski definition) is 1. The van der Waals surface area contributed by atoms with Gasteiger partial charge in [0.1, 0.15) is 11.9 Å². The van der Waals surface area contributed by atoms with Gasteiger partial charge in [-0.3, -0.25) is 0 Å². The van der Waals surface area contributed by atoms with Crippen LogP contribution in [-0.2, 0) is 4.74 Å². The molecular weight excluding hydrogens is 186 g/mol. The molecule has 2 nitrogen and oxygen atoms in total. The summed E-state index contributed by atoms with van der Waals surface area (Å²) in [7, 11) is 0. The van der Waals surface area contributed by atoms with Crippen LogP contribution in [0.5, 0.6) is 0 Å². The second-order valence-electron chi connectivity index (χ2n) is 3.87. The number of hydrogen-bond acceptors (Lipinski definition) is 2. The van der Waals surface area contributed by atoms with Crippen molar-refractivity contribution in [1.82, 2.24) is 5.32 Å². The third kappa shape index (κ3) is 4.34. The maximum Gasteiger partial charge on any atom is 0.115 e. The highest BCUT2D eigenvalue weighted by Crippen LogP contribution is 2.13. The normalized spacial score (nSPS) is 23.7. The van der Waals surface area contributed by atoms with Gasteiger partial charge in [0.2, 0.25) is 0 Å². The standard InChI is InChI=1S/C13H21NO/c1-4-11(3)9-12(5-2)15-13-7-6-8-14-10-13/h4-5,9,13-14H,1,6-8,10H2,2-3H3/b11-9-,12-5+. The maximum atomic E-state index is 5.89. The van der Waals surface area contributed by atoms with Gasteiger partial charge in [0.15, 0.2) is 0 Å². The summed E-state index contributed by atoms with van der Waals surface area (Å²) in [6.07, 6.45) is 8.53. The molecule has 1 N–H and O–H groups in total. The molecule has 1 fully saturated rings. The Balaban J connectivity index is 2.49. The summed E-state index contributed by atoms with van der Waals surface area (Å²) >= 11 is 0. The van der Waals surface area contributed by atoms with Crippen molar-refractivity contribution < 1.29 is 4.74 Å². The molecule has 0 bridgehead atoms. The summed E-state index contributed by atoms with van der Waals surface area (Å²) in [5.74, 6) is 0.945. The van der Waals surface area contributed by atoms with Gasteiger partial charge >= 0.3 is 0 Å². The Morgan fingerprint density at radius 3 is 2.87 bits per heavy atom. The van der Waals surface area contributed by atoms with Crippen LogP contribution < -0.4 is 5.32 Å². The predicted molar refractivity (Wildman–Crippen MR) is 64.7 cm³/mol. The van der Waals surface area contributed by atoms with E-state index in [-0.39, 0.29) is 0 Å². The summed E-state index contributed by atoms with van der Waals surface area (Å²) in [6, 6.07) is 0. The van der Waals surface area contributed by atoms with E-state index in [0.717, 1.165) is 30.8 Å². The largest absolute Gasteiger partial charge is 0.489 e. The Bertz CT molecular complexity index is 260. The minimum atomic E-state index is 0.318. The SMILES string of the molecule is C=C/C(C)=C\C(=C/C)OC1CCCNC1. The lowest BCUT2D eigenvalue weighted by Gasteiger charge is -2.24. The summed E-state index contributed by atoms with van der Waals surface area (Å²) in [5.41, 5.74) is 1.13. The highest BCUT2D eigenvalue weighted by atomic mass is 16.5. The fraction of sp³-hybridized carbons (Fsp3) is 0.538. The highest BCUT2D eigenvalue weighted by Gasteiger charge is 2.14. The number of rotatable bonds is 4. The molecule has 0 aromatic heterocycles. The Labute approximate surface area is 92.7 Å². The first kappa shape index (κ1) is 12.1. The van der Waals surface area contributed by atoms with Gasteiger partial charge in [-0.15, -0.1) is 0 Å². The second-order valence-corrected chi connectivity index (χ2v) is 3.87. The summed E-state index contributed by atoms with van der Waals surface area (Å²) < 4.78 is 5.89. The number of allylic oxidation sites excluding steroid dienone is 4. The lowest BCUT2D eigenvalue weighted by atomic mass is 10.1. The van der Waals surface area contributed by atoms with Crippen molar-refractivity contribution in [3.63, 3.8) is 0 Å². The lowest BCUT2D eigenvalue weighted by Crippen LogP contribution is -2.35. The molecule has 2 heteroatoms. The van der Waals surface area contributed by atoms with Crippen molar-refractivity contribution in [2.75, 3.05) is 13.1 Å². The molecule has 0 aromatic rings. The lowest BCUT2D eigenvalue weighted by molar-refractivity contribution is 0.100. The van der Waals surface area contributed by atoms with E-state index in [9.17, 15) is 0 Å². The molecule has 15 heavy (non-hydrogen) atoms. The molecule has 1 saturated heterocycles. The third-order valence-electron chi connectivity index (χ3n) is 2.53. The van der Waals surface area contributed by atoms with Gasteiger partial charge in [0.25, 0.3) is 0 Å². The molecule has 1 atom stereocenters. The van der Waals surface area contributed by atoms with Crippen molar-refractivity contribution >= 4 is 0 Å². The third-order valence-corrected chi connectivity index (χ3v) is 2.53. The van der Waals surface area contributed by atoms with Crippen LogP contribution in [0.15, 0.2) is 36.1 Å². The summed E-state index contributed by atoms with van der Waals surface area (Å²) in [5, 5.41) is 3.34. The van der Waals surface area contributed by atoms with Gasteiger partial charge in [-0.05, 0) is 51.0 Å². The zero-order valence-corrected chi connectivity index (χ0v) is 9.75. The van der Waals surface area contributed by atoms with E-state index in [2.05, 4.69) is 11.9 Å². The van der Waals surface area contributed by atoms with E-state index in [1.807, 2.05) is 32.1 Å². The Morgan fingerprint density at radius 1 is 1.53 bits per heavy atom. The molecule has 1 rings (SSSR count). The minimum Gasteiger partial charge on any atom is -0.489 e. The first-order valence-electron chi connectivity index (χ1n) is 5.60. The van der Waals surface area contributed by atoms with Gasteiger partial charge in [-0.2, -0.15) is 0 Å².